The summed E-state index contributed by atoms with van der Waals surface area (Å²) >= 11 is 5.92. The monoisotopic (exact) mass is 259 g/mol. The molecule has 0 aliphatic heterocycles. The molecule has 0 radical (unpaired) electrons. The lowest BCUT2D eigenvalue weighted by Gasteiger charge is -2.24. The van der Waals surface area contributed by atoms with Gasteiger partial charge in [-0.1, -0.05) is 17.7 Å². The molecule has 17 heavy (non-hydrogen) atoms. The number of anilines is 1. The Morgan fingerprint density at radius 2 is 2.18 bits per heavy atom. The van der Waals surface area contributed by atoms with Gasteiger partial charge in [0.25, 0.3) is 0 Å². The minimum atomic E-state index is -0.574. The van der Waals surface area contributed by atoms with E-state index >= 15 is 0 Å². The number of aliphatic hydroxyl groups is 2. The summed E-state index contributed by atoms with van der Waals surface area (Å²) in [6, 6.07) is 5.28. The van der Waals surface area contributed by atoms with Gasteiger partial charge in [0.15, 0.2) is 0 Å². The Bertz CT molecular complexity index is 360. The summed E-state index contributed by atoms with van der Waals surface area (Å²) < 4.78 is 4.87. The van der Waals surface area contributed by atoms with Gasteiger partial charge in [0.1, 0.15) is 0 Å². The molecule has 1 unspecified atom stereocenters. The smallest absolute Gasteiger partial charge is 0.0947 e. The molecule has 1 aromatic carbocycles. The van der Waals surface area contributed by atoms with Crippen molar-refractivity contribution in [3.05, 3.63) is 28.8 Å². The standard InChI is InChI=1S/C12H18ClNO3/c1-14(6-11(16)8-17-2)12-5-10(13)4-3-9(12)7-15/h3-5,11,15-16H,6-8H2,1-2H3. The van der Waals surface area contributed by atoms with Crippen molar-refractivity contribution in [3.8, 4) is 0 Å². The van der Waals surface area contributed by atoms with Crippen LogP contribution in [0.5, 0.6) is 0 Å². The second-order valence-electron chi connectivity index (χ2n) is 3.92. The molecule has 0 fully saturated rings. The van der Waals surface area contributed by atoms with Gasteiger partial charge in [-0.05, 0) is 12.1 Å². The highest BCUT2D eigenvalue weighted by Gasteiger charge is 2.12. The van der Waals surface area contributed by atoms with Crippen LogP contribution < -0.4 is 4.90 Å². The zero-order valence-corrected chi connectivity index (χ0v) is 10.8. The van der Waals surface area contributed by atoms with Crippen LogP contribution in [0.2, 0.25) is 5.02 Å². The SMILES string of the molecule is COCC(O)CN(C)c1cc(Cl)ccc1CO. The number of nitrogens with zero attached hydrogens (tertiary/aromatic N) is 1. The highest BCUT2D eigenvalue weighted by molar-refractivity contribution is 6.30. The highest BCUT2D eigenvalue weighted by atomic mass is 35.5. The summed E-state index contributed by atoms with van der Waals surface area (Å²) in [4.78, 5) is 1.85. The molecule has 0 saturated heterocycles. The molecular formula is C12H18ClNO3. The molecule has 96 valence electrons. The number of rotatable bonds is 6. The van der Waals surface area contributed by atoms with Gasteiger partial charge in [0.05, 0.1) is 19.3 Å². The van der Waals surface area contributed by atoms with Crippen LogP contribution >= 0.6 is 11.6 Å². The Morgan fingerprint density at radius 3 is 2.76 bits per heavy atom. The largest absolute Gasteiger partial charge is 0.392 e. The molecule has 0 bridgehead atoms. The first kappa shape index (κ1) is 14.3. The van der Waals surface area contributed by atoms with E-state index in [1.807, 2.05) is 11.9 Å². The lowest BCUT2D eigenvalue weighted by Crippen LogP contribution is -2.32. The van der Waals surface area contributed by atoms with E-state index < -0.39 is 6.10 Å². The Morgan fingerprint density at radius 1 is 1.47 bits per heavy atom. The summed E-state index contributed by atoms with van der Waals surface area (Å²) in [5.74, 6) is 0. The van der Waals surface area contributed by atoms with Crippen LogP contribution in [0.15, 0.2) is 18.2 Å². The number of ether oxygens (including phenoxy) is 1. The van der Waals surface area contributed by atoms with Crippen molar-refractivity contribution < 1.29 is 14.9 Å². The van der Waals surface area contributed by atoms with Gasteiger partial charge in [-0.3, -0.25) is 0 Å². The number of hydrogen-bond donors (Lipinski definition) is 2. The van der Waals surface area contributed by atoms with Crippen molar-refractivity contribution in [2.45, 2.75) is 12.7 Å². The third-order valence-electron chi connectivity index (χ3n) is 2.47. The molecule has 0 spiro atoms. The van der Waals surface area contributed by atoms with Crippen molar-refractivity contribution in [2.75, 3.05) is 32.2 Å². The molecule has 0 aromatic heterocycles. The molecule has 0 heterocycles. The Balaban J connectivity index is 2.79. The highest BCUT2D eigenvalue weighted by Crippen LogP contribution is 2.24. The fourth-order valence-corrected chi connectivity index (χ4v) is 1.85. The summed E-state index contributed by atoms with van der Waals surface area (Å²) in [5.41, 5.74) is 1.59. The molecule has 0 saturated carbocycles. The van der Waals surface area contributed by atoms with Gasteiger partial charge in [-0.15, -0.1) is 0 Å². The van der Waals surface area contributed by atoms with E-state index in [4.69, 9.17) is 16.3 Å². The molecule has 2 N–H and O–H groups in total. The zero-order chi connectivity index (χ0) is 12.8. The summed E-state index contributed by atoms with van der Waals surface area (Å²) in [5, 5.41) is 19.5. The lowest BCUT2D eigenvalue weighted by molar-refractivity contribution is 0.0694. The molecule has 5 heteroatoms. The molecule has 0 amide bonds. The number of halogens is 1. The number of likely N-dealkylation sites (N-methyl/N-ethyl adjacent to an activating group) is 1. The quantitative estimate of drug-likeness (QED) is 0.808. The van der Waals surface area contributed by atoms with Crippen molar-refractivity contribution in [2.24, 2.45) is 0 Å². The van der Waals surface area contributed by atoms with Gasteiger partial charge in [0, 0.05) is 37.0 Å². The fourth-order valence-electron chi connectivity index (χ4n) is 1.69. The second-order valence-corrected chi connectivity index (χ2v) is 4.36. The lowest BCUT2D eigenvalue weighted by atomic mass is 10.1. The summed E-state index contributed by atoms with van der Waals surface area (Å²) in [6.45, 7) is 0.637. The van der Waals surface area contributed by atoms with E-state index in [9.17, 15) is 10.2 Å². The van der Waals surface area contributed by atoms with E-state index in [2.05, 4.69) is 0 Å². The maximum Gasteiger partial charge on any atom is 0.0947 e. The van der Waals surface area contributed by atoms with Crippen LogP contribution in [0.1, 0.15) is 5.56 Å². The first-order valence-corrected chi connectivity index (χ1v) is 5.73. The molecular weight excluding hydrogens is 242 g/mol. The maximum atomic E-state index is 9.65. The Hall–Kier alpha value is -0.810. The van der Waals surface area contributed by atoms with Gasteiger partial charge < -0.3 is 19.8 Å². The van der Waals surface area contributed by atoms with Crippen LogP contribution in [-0.2, 0) is 11.3 Å². The topological polar surface area (TPSA) is 52.9 Å². The van der Waals surface area contributed by atoms with E-state index in [1.165, 1.54) is 0 Å². The van der Waals surface area contributed by atoms with E-state index in [0.29, 0.717) is 11.6 Å². The molecule has 1 atom stereocenters. The van der Waals surface area contributed by atoms with Crippen molar-refractivity contribution in [1.82, 2.24) is 0 Å². The van der Waals surface area contributed by atoms with Gasteiger partial charge in [0.2, 0.25) is 0 Å². The third-order valence-corrected chi connectivity index (χ3v) is 2.71. The second kappa shape index (κ2) is 6.81. The summed E-state index contributed by atoms with van der Waals surface area (Å²) in [7, 11) is 3.38. The van der Waals surface area contributed by atoms with Crippen LogP contribution in [0, 0.1) is 0 Å². The molecule has 0 aliphatic rings. The first-order valence-electron chi connectivity index (χ1n) is 5.36. The number of methoxy groups -OCH3 is 1. The van der Waals surface area contributed by atoms with Gasteiger partial charge in [-0.25, -0.2) is 0 Å². The fraction of sp³-hybridized carbons (Fsp3) is 0.500. The average molecular weight is 260 g/mol. The molecule has 1 aromatic rings. The van der Waals surface area contributed by atoms with Crippen LogP contribution in [-0.4, -0.2) is 43.6 Å². The van der Waals surface area contributed by atoms with Crippen LogP contribution in [0.25, 0.3) is 0 Å². The normalized spacial score (nSPS) is 12.5. The van der Waals surface area contributed by atoms with Crippen molar-refractivity contribution >= 4 is 17.3 Å². The Kier molecular flexibility index (Phi) is 5.71. The van der Waals surface area contributed by atoms with Crippen molar-refractivity contribution in [1.29, 1.82) is 0 Å². The van der Waals surface area contributed by atoms with Crippen molar-refractivity contribution in [3.63, 3.8) is 0 Å². The van der Waals surface area contributed by atoms with E-state index in [-0.39, 0.29) is 13.2 Å². The Labute approximate surface area is 106 Å². The van der Waals surface area contributed by atoms with E-state index in [1.54, 1.807) is 25.3 Å². The molecule has 1 rings (SSSR count). The minimum Gasteiger partial charge on any atom is -0.392 e. The number of hydrogen-bond acceptors (Lipinski definition) is 4. The first-order chi connectivity index (χ1) is 8.08. The van der Waals surface area contributed by atoms with Gasteiger partial charge in [-0.2, -0.15) is 0 Å². The van der Waals surface area contributed by atoms with Crippen LogP contribution in [0.3, 0.4) is 0 Å². The minimum absolute atomic E-state index is 0.0583. The third kappa shape index (κ3) is 4.16. The predicted molar refractivity (Wildman–Crippen MR) is 68.5 cm³/mol. The number of benzene rings is 1. The van der Waals surface area contributed by atoms with Crippen LogP contribution in [0.4, 0.5) is 5.69 Å². The van der Waals surface area contributed by atoms with E-state index in [0.717, 1.165) is 11.3 Å². The molecule has 0 aliphatic carbocycles. The zero-order valence-electron chi connectivity index (χ0n) is 10.1. The average Bonchev–Trinajstić information content (AvgIpc) is 2.29. The summed E-state index contributed by atoms with van der Waals surface area (Å²) in [6.07, 6.45) is -0.574. The van der Waals surface area contributed by atoms with Gasteiger partial charge >= 0.3 is 0 Å². The predicted octanol–water partition coefficient (Wildman–Crippen LogP) is 1.28. The maximum absolute atomic E-state index is 9.65. The molecule has 4 nitrogen and oxygen atoms in total. The number of aliphatic hydroxyl groups excluding tert-OH is 2.